The van der Waals surface area contributed by atoms with Crippen LogP contribution in [0.4, 0.5) is 0 Å². The molecule has 0 radical (unpaired) electrons. The average molecular weight is 434 g/mol. The van der Waals surface area contributed by atoms with Gasteiger partial charge in [-0.05, 0) is 24.6 Å². The lowest BCUT2D eigenvalue weighted by Gasteiger charge is -2.42. The molecule has 1 saturated heterocycles. The van der Waals surface area contributed by atoms with E-state index in [1.54, 1.807) is 0 Å². The minimum atomic E-state index is -1.66. The Balaban J connectivity index is 1.73. The van der Waals surface area contributed by atoms with Crippen molar-refractivity contribution in [1.82, 2.24) is 0 Å². The number of carbonyl (C=O) groups is 1. The van der Waals surface area contributed by atoms with Gasteiger partial charge in [0.2, 0.25) is 5.78 Å². The van der Waals surface area contributed by atoms with Crippen molar-refractivity contribution in [2.24, 2.45) is 0 Å². The second-order valence-corrected chi connectivity index (χ2v) is 7.57. The Hall–Kier alpha value is -2.89. The molecule has 0 aliphatic carbocycles. The number of phenolic OH excluding ortho intramolecular Hbond substituents is 3. The highest BCUT2D eigenvalue weighted by atomic mass is 16.7. The zero-order valence-corrected chi connectivity index (χ0v) is 16.3. The number of carbonyl (C=O) groups excluding carboxylic acids is 1. The van der Waals surface area contributed by atoms with Crippen LogP contribution >= 0.6 is 0 Å². The molecule has 10 heteroatoms. The SMILES string of the molecule is C[C@@H]1O[C@@H](O[C@H]2C(=O)c3c(O)cc(O)cc3OC2c2ccc(O)cc2)[C@H](O)[C@H](O)C1O. The summed E-state index contributed by atoms with van der Waals surface area (Å²) in [7, 11) is 0. The smallest absolute Gasteiger partial charge is 0.203 e. The summed E-state index contributed by atoms with van der Waals surface area (Å²) in [4.78, 5) is 13.3. The van der Waals surface area contributed by atoms with Gasteiger partial charge in [-0.1, -0.05) is 12.1 Å². The van der Waals surface area contributed by atoms with Gasteiger partial charge in [0.05, 0.1) is 6.10 Å². The summed E-state index contributed by atoms with van der Waals surface area (Å²) in [5.41, 5.74) is 0.195. The topological polar surface area (TPSA) is 166 Å². The quantitative estimate of drug-likeness (QED) is 0.396. The van der Waals surface area contributed by atoms with E-state index in [4.69, 9.17) is 14.2 Å². The van der Waals surface area contributed by atoms with E-state index in [0.29, 0.717) is 5.56 Å². The minimum Gasteiger partial charge on any atom is -0.508 e. The van der Waals surface area contributed by atoms with Crippen LogP contribution in [0.2, 0.25) is 0 Å². The second kappa shape index (κ2) is 7.98. The lowest BCUT2D eigenvalue weighted by molar-refractivity contribution is -0.304. The van der Waals surface area contributed by atoms with Crippen molar-refractivity contribution >= 4 is 5.78 Å². The first-order chi connectivity index (χ1) is 14.7. The number of aliphatic hydroxyl groups excluding tert-OH is 3. The first-order valence-electron chi connectivity index (χ1n) is 9.58. The Morgan fingerprint density at radius 2 is 1.58 bits per heavy atom. The largest absolute Gasteiger partial charge is 0.508 e. The molecule has 166 valence electrons. The van der Waals surface area contributed by atoms with E-state index >= 15 is 0 Å². The van der Waals surface area contributed by atoms with Gasteiger partial charge in [-0.25, -0.2) is 0 Å². The van der Waals surface area contributed by atoms with Crippen molar-refractivity contribution in [1.29, 1.82) is 0 Å². The fourth-order valence-electron chi connectivity index (χ4n) is 3.72. The number of ether oxygens (including phenoxy) is 3. The Bertz CT molecular complexity index is 975. The van der Waals surface area contributed by atoms with Gasteiger partial charge in [-0.3, -0.25) is 4.79 Å². The summed E-state index contributed by atoms with van der Waals surface area (Å²) in [5, 5.41) is 59.8. The lowest BCUT2D eigenvalue weighted by Crippen LogP contribution is -2.59. The summed E-state index contributed by atoms with van der Waals surface area (Å²) in [6.45, 7) is 1.47. The molecule has 0 amide bonds. The molecule has 2 aromatic carbocycles. The molecule has 2 aromatic rings. The number of phenols is 3. The lowest BCUT2D eigenvalue weighted by atomic mass is 9.92. The summed E-state index contributed by atoms with van der Waals surface area (Å²) < 4.78 is 17.0. The van der Waals surface area contributed by atoms with E-state index in [-0.39, 0.29) is 22.8 Å². The molecule has 0 saturated carbocycles. The second-order valence-electron chi connectivity index (χ2n) is 7.57. The number of Topliss-reactive ketones (excluding diaryl/α,β-unsaturated/α-hetero) is 1. The van der Waals surface area contributed by atoms with Gasteiger partial charge in [0.15, 0.2) is 18.5 Å². The van der Waals surface area contributed by atoms with Crippen molar-refractivity contribution in [2.75, 3.05) is 0 Å². The van der Waals surface area contributed by atoms with Crippen LogP contribution in [-0.4, -0.2) is 73.2 Å². The Kier molecular flexibility index (Phi) is 5.50. The first-order valence-corrected chi connectivity index (χ1v) is 9.58. The van der Waals surface area contributed by atoms with Gasteiger partial charge in [0.25, 0.3) is 0 Å². The predicted octanol–water partition coefficient (Wildman–Crippen LogP) is 0.332. The van der Waals surface area contributed by atoms with Crippen LogP contribution in [0, 0.1) is 0 Å². The molecule has 0 spiro atoms. The van der Waals surface area contributed by atoms with E-state index in [2.05, 4.69) is 0 Å². The summed E-state index contributed by atoms with van der Waals surface area (Å²) in [6.07, 6.45) is -9.49. The normalized spacial score (nSPS) is 32.9. The molecule has 0 aromatic heterocycles. The maximum absolute atomic E-state index is 13.3. The molecule has 2 aliphatic heterocycles. The molecule has 2 aliphatic rings. The highest BCUT2D eigenvalue weighted by Gasteiger charge is 2.48. The number of aliphatic hydroxyl groups is 3. The highest BCUT2D eigenvalue weighted by molar-refractivity contribution is 6.05. The third kappa shape index (κ3) is 3.80. The molecule has 0 bridgehead atoms. The molecule has 1 fully saturated rings. The maximum atomic E-state index is 13.3. The van der Waals surface area contributed by atoms with Crippen molar-refractivity contribution in [3.63, 3.8) is 0 Å². The number of ketones is 1. The monoisotopic (exact) mass is 434 g/mol. The molecule has 31 heavy (non-hydrogen) atoms. The summed E-state index contributed by atoms with van der Waals surface area (Å²) in [6, 6.07) is 7.90. The van der Waals surface area contributed by atoms with Crippen molar-refractivity contribution in [3.8, 4) is 23.0 Å². The van der Waals surface area contributed by atoms with Crippen LogP contribution in [0.25, 0.3) is 0 Å². The number of benzene rings is 2. The minimum absolute atomic E-state index is 0.0176. The van der Waals surface area contributed by atoms with Gasteiger partial charge in [-0.2, -0.15) is 0 Å². The third-order valence-electron chi connectivity index (χ3n) is 5.41. The fraction of sp³-hybridized carbons (Fsp3) is 0.381. The van der Waals surface area contributed by atoms with Gasteiger partial charge >= 0.3 is 0 Å². The van der Waals surface area contributed by atoms with Crippen LogP contribution in [0.1, 0.15) is 28.9 Å². The molecule has 6 N–H and O–H groups in total. The van der Waals surface area contributed by atoms with Crippen LogP contribution < -0.4 is 4.74 Å². The Labute approximate surface area is 176 Å². The maximum Gasteiger partial charge on any atom is 0.203 e. The van der Waals surface area contributed by atoms with Crippen molar-refractivity contribution < 1.29 is 49.6 Å². The number of fused-ring (bicyclic) bond motifs is 1. The first kappa shape index (κ1) is 21.3. The van der Waals surface area contributed by atoms with Gasteiger partial charge in [0, 0.05) is 12.1 Å². The van der Waals surface area contributed by atoms with Gasteiger partial charge in [0.1, 0.15) is 46.9 Å². The highest BCUT2D eigenvalue weighted by Crippen LogP contribution is 2.43. The van der Waals surface area contributed by atoms with Gasteiger partial charge in [-0.15, -0.1) is 0 Å². The summed E-state index contributed by atoms with van der Waals surface area (Å²) >= 11 is 0. The molecule has 4 rings (SSSR count). The number of hydrogen-bond donors (Lipinski definition) is 6. The fourth-order valence-corrected chi connectivity index (χ4v) is 3.72. The zero-order valence-electron chi connectivity index (χ0n) is 16.3. The molecule has 10 nitrogen and oxygen atoms in total. The van der Waals surface area contributed by atoms with E-state index < -0.39 is 54.4 Å². The van der Waals surface area contributed by atoms with E-state index in [1.807, 2.05) is 0 Å². The molecule has 7 atom stereocenters. The van der Waals surface area contributed by atoms with Crippen LogP contribution in [0.15, 0.2) is 36.4 Å². The molecular weight excluding hydrogens is 412 g/mol. The van der Waals surface area contributed by atoms with Crippen molar-refractivity contribution in [3.05, 3.63) is 47.5 Å². The van der Waals surface area contributed by atoms with E-state index in [9.17, 15) is 35.4 Å². The standard InChI is InChI=1S/C21H22O10/c1-8-15(25)17(27)18(28)21(29-8)31-20-16(26)14-12(24)6-11(23)7-13(14)30-19(20)9-2-4-10(22)5-3-9/h2-8,15,17-25,27-28H,1H3/t8-,15?,17+,18+,19?,20-,21-/m0/s1. The zero-order chi connectivity index (χ0) is 22.4. The van der Waals surface area contributed by atoms with E-state index in [1.165, 1.54) is 37.3 Å². The number of aromatic hydroxyl groups is 3. The predicted molar refractivity (Wildman–Crippen MR) is 103 cm³/mol. The van der Waals surface area contributed by atoms with Crippen molar-refractivity contribution in [2.45, 2.75) is 49.8 Å². The van der Waals surface area contributed by atoms with E-state index in [0.717, 1.165) is 6.07 Å². The van der Waals surface area contributed by atoms with Crippen LogP contribution in [0.3, 0.4) is 0 Å². The molecular formula is C21H22O10. The molecule has 2 heterocycles. The molecule has 2 unspecified atom stereocenters. The Morgan fingerprint density at radius 1 is 0.903 bits per heavy atom. The third-order valence-corrected chi connectivity index (χ3v) is 5.41. The Morgan fingerprint density at radius 3 is 2.26 bits per heavy atom. The van der Waals surface area contributed by atoms with Gasteiger partial charge < -0.3 is 44.8 Å². The summed E-state index contributed by atoms with van der Waals surface area (Å²) in [5.74, 6) is -1.64. The average Bonchev–Trinajstić information content (AvgIpc) is 2.72. The van der Waals surface area contributed by atoms with Crippen LogP contribution in [-0.2, 0) is 9.47 Å². The number of hydrogen-bond acceptors (Lipinski definition) is 10. The number of rotatable bonds is 3. The van der Waals surface area contributed by atoms with Crippen LogP contribution in [0.5, 0.6) is 23.0 Å².